The first-order valence-corrected chi connectivity index (χ1v) is 7.81. The second-order valence-electron chi connectivity index (χ2n) is 5.28. The number of H-pyrrole nitrogens is 1. The van der Waals surface area contributed by atoms with E-state index in [4.69, 9.17) is 0 Å². The van der Waals surface area contributed by atoms with Crippen molar-refractivity contribution in [3.8, 4) is 11.3 Å². The summed E-state index contributed by atoms with van der Waals surface area (Å²) in [4.78, 5) is 27.8. The fourth-order valence-electron chi connectivity index (χ4n) is 2.25. The van der Waals surface area contributed by atoms with Crippen LogP contribution in [0.5, 0.6) is 0 Å². The molecule has 7 heteroatoms. The quantitative estimate of drug-likeness (QED) is 0.596. The van der Waals surface area contributed by atoms with E-state index in [1.54, 1.807) is 30.6 Å². The number of nitrogens with zero attached hydrogens (tertiary/aromatic N) is 2. The van der Waals surface area contributed by atoms with E-state index in [-0.39, 0.29) is 11.8 Å². The third kappa shape index (κ3) is 4.29. The minimum Gasteiger partial charge on any atom is -0.350 e. The molecule has 3 rings (SSSR count). The van der Waals surface area contributed by atoms with Crippen LogP contribution in [0, 0.1) is 0 Å². The molecular weight excluding hydrogens is 318 g/mol. The third-order valence-electron chi connectivity index (χ3n) is 3.53. The molecule has 0 fully saturated rings. The summed E-state index contributed by atoms with van der Waals surface area (Å²) in [7, 11) is 0. The molecule has 25 heavy (non-hydrogen) atoms. The number of nitrogens with one attached hydrogen (secondary N) is 3. The molecule has 0 unspecified atom stereocenters. The molecule has 0 spiro atoms. The number of benzene rings is 1. The van der Waals surface area contributed by atoms with Crippen LogP contribution in [0.25, 0.3) is 11.3 Å². The first kappa shape index (κ1) is 16.4. The number of amides is 2. The fraction of sp³-hybridized carbons (Fsp3) is 0.111. The van der Waals surface area contributed by atoms with Gasteiger partial charge in [0.1, 0.15) is 0 Å². The molecule has 3 aromatic rings. The first-order chi connectivity index (χ1) is 12.2. The van der Waals surface area contributed by atoms with Gasteiger partial charge in [0.25, 0.3) is 11.8 Å². The van der Waals surface area contributed by atoms with E-state index in [1.165, 1.54) is 0 Å². The predicted octanol–water partition coefficient (Wildman–Crippen LogP) is 1.63. The number of carbonyl (C=O) groups excluding carboxylic acids is 2. The van der Waals surface area contributed by atoms with E-state index < -0.39 is 0 Å². The van der Waals surface area contributed by atoms with E-state index in [2.05, 4.69) is 25.8 Å². The summed E-state index contributed by atoms with van der Waals surface area (Å²) in [5.74, 6) is -0.501. The monoisotopic (exact) mass is 335 g/mol. The SMILES string of the molecule is O=C(NCCNC(=O)c1cc(-c2ccccc2)[nH]n1)c1ccncc1. The van der Waals surface area contributed by atoms with Crippen LogP contribution < -0.4 is 10.6 Å². The highest BCUT2D eigenvalue weighted by Crippen LogP contribution is 2.16. The minimum atomic E-state index is -0.295. The number of rotatable bonds is 6. The molecule has 3 N–H and O–H groups in total. The molecule has 0 radical (unpaired) electrons. The Hall–Kier alpha value is -3.48. The van der Waals surface area contributed by atoms with Gasteiger partial charge in [0, 0.05) is 31.0 Å². The molecule has 2 aromatic heterocycles. The summed E-state index contributed by atoms with van der Waals surface area (Å²) in [6.07, 6.45) is 3.11. The van der Waals surface area contributed by atoms with Crippen LogP contribution in [-0.4, -0.2) is 40.1 Å². The van der Waals surface area contributed by atoms with Crippen molar-refractivity contribution in [2.45, 2.75) is 0 Å². The molecule has 0 saturated carbocycles. The molecule has 0 aliphatic carbocycles. The Morgan fingerprint density at radius 2 is 1.60 bits per heavy atom. The Balaban J connectivity index is 1.47. The van der Waals surface area contributed by atoms with Crippen molar-refractivity contribution in [3.05, 3.63) is 72.2 Å². The molecule has 0 aliphatic rings. The summed E-state index contributed by atoms with van der Waals surface area (Å²) in [6, 6.07) is 14.6. The van der Waals surface area contributed by atoms with Gasteiger partial charge in [0.15, 0.2) is 5.69 Å². The lowest BCUT2D eigenvalue weighted by Gasteiger charge is -2.05. The van der Waals surface area contributed by atoms with Crippen molar-refractivity contribution in [1.82, 2.24) is 25.8 Å². The zero-order valence-electron chi connectivity index (χ0n) is 13.4. The van der Waals surface area contributed by atoms with Crippen molar-refractivity contribution in [2.24, 2.45) is 0 Å². The minimum absolute atomic E-state index is 0.206. The van der Waals surface area contributed by atoms with Gasteiger partial charge in [-0.2, -0.15) is 5.10 Å². The summed E-state index contributed by atoms with van der Waals surface area (Å²) in [6.45, 7) is 0.631. The smallest absolute Gasteiger partial charge is 0.271 e. The fourth-order valence-corrected chi connectivity index (χ4v) is 2.25. The predicted molar refractivity (Wildman–Crippen MR) is 92.9 cm³/mol. The van der Waals surface area contributed by atoms with Crippen molar-refractivity contribution >= 4 is 11.8 Å². The second-order valence-corrected chi connectivity index (χ2v) is 5.28. The molecule has 0 saturated heterocycles. The van der Waals surface area contributed by atoms with Gasteiger partial charge in [0.05, 0.1) is 5.69 Å². The van der Waals surface area contributed by atoms with Gasteiger partial charge in [-0.1, -0.05) is 30.3 Å². The average Bonchev–Trinajstić information content (AvgIpc) is 3.16. The lowest BCUT2D eigenvalue weighted by Crippen LogP contribution is -2.34. The van der Waals surface area contributed by atoms with Gasteiger partial charge in [-0.3, -0.25) is 19.7 Å². The molecule has 1 aromatic carbocycles. The van der Waals surface area contributed by atoms with Crippen molar-refractivity contribution in [1.29, 1.82) is 0 Å². The van der Waals surface area contributed by atoms with Gasteiger partial charge in [-0.25, -0.2) is 0 Å². The standard InChI is InChI=1S/C18H17N5O2/c24-17(14-6-8-19-9-7-14)20-10-11-21-18(25)16-12-15(22-23-16)13-4-2-1-3-5-13/h1-9,12H,10-11H2,(H,20,24)(H,21,25)(H,22,23). The van der Waals surface area contributed by atoms with Gasteiger partial charge < -0.3 is 10.6 Å². The van der Waals surface area contributed by atoms with E-state index in [0.717, 1.165) is 11.3 Å². The molecule has 126 valence electrons. The van der Waals surface area contributed by atoms with Crippen LogP contribution in [0.1, 0.15) is 20.8 Å². The highest BCUT2D eigenvalue weighted by atomic mass is 16.2. The second kappa shape index (κ2) is 7.87. The summed E-state index contributed by atoms with van der Waals surface area (Å²) in [5, 5.41) is 12.3. The average molecular weight is 335 g/mol. The Labute approximate surface area is 144 Å². The van der Waals surface area contributed by atoms with Gasteiger partial charge in [-0.05, 0) is 23.8 Å². The Morgan fingerprint density at radius 1 is 0.920 bits per heavy atom. The summed E-state index contributed by atoms with van der Waals surface area (Å²) < 4.78 is 0. The molecule has 0 aliphatic heterocycles. The number of hydrogen-bond acceptors (Lipinski definition) is 4. The number of aromatic nitrogens is 3. The zero-order chi connectivity index (χ0) is 17.5. The van der Waals surface area contributed by atoms with Gasteiger partial charge in [-0.15, -0.1) is 0 Å². The van der Waals surface area contributed by atoms with Crippen LogP contribution in [0.3, 0.4) is 0 Å². The summed E-state index contributed by atoms with van der Waals surface area (Å²) in [5.41, 5.74) is 2.57. The Morgan fingerprint density at radius 3 is 2.32 bits per heavy atom. The summed E-state index contributed by atoms with van der Waals surface area (Å²) >= 11 is 0. The van der Waals surface area contributed by atoms with Crippen LogP contribution in [0.15, 0.2) is 60.9 Å². The third-order valence-corrected chi connectivity index (χ3v) is 3.53. The Kier molecular flexibility index (Phi) is 5.16. The Bertz CT molecular complexity index is 846. The van der Waals surface area contributed by atoms with Crippen LogP contribution in [0.4, 0.5) is 0 Å². The molecule has 0 atom stereocenters. The number of aromatic amines is 1. The van der Waals surface area contributed by atoms with Gasteiger partial charge >= 0.3 is 0 Å². The van der Waals surface area contributed by atoms with Crippen molar-refractivity contribution in [2.75, 3.05) is 13.1 Å². The normalized spacial score (nSPS) is 10.2. The largest absolute Gasteiger partial charge is 0.350 e. The first-order valence-electron chi connectivity index (χ1n) is 7.81. The van der Waals surface area contributed by atoms with E-state index >= 15 is 0 Å². The van der Waals surface area contributed by atoms with Crippen LogP contribution >= 0.6 is 0 Å². The molecule has 7 nitrogen and oxygen atoms in total. The zero-order valence-corrected chi connectivity index (χ0v) is 13.4. The molecule has 2 amide bonds. The molecular formula is C18H17N5O2. The number of hydrogen-bond donors (Lipinski definition) is 3. The maximum atomic E-state index is 12.1. The highest BCUT2D eigenvalue weighted by Gasteiger charge is 2.11. The maximum Gasteiger partial charge on any atom is 0.271 e. The number of carbonyl (C=O) groups is 2. The maximum absolute atomic E-state index is 12.1. The van der Waals surface area contributed by atoms with Crippen LogP contribution in [0.2, 0.25) is 0 Å². The molecule has 0 bridgehead atoms. The van der Waals surface area contributed by atoms with E-state index in [0.29, 0.717) is 24.3 Å². The lowest BCUT2D eigenvalue weighted by atomic mass is 10.1. The van der Waals surface area contributed by atoms with E-state index in [1.807, 2.05) is 30.3 Å². The van der Waals surface area contributed by atoms with E-state index in [9.17, 15) is 9.59 Å². The van der Waals surface area contributed by atoms with Crippen LogP contribution in [-0.2, 0) is 0 Å². The number of pyridine rings is 1. The molecule has 2 heterocycles. The van der Waals surface area contributed by atoms with Gasteiger partial charge in [0.2, 0.25) is 0 Å². The lowest BCUT2D eigenvalue weighted by molar-refractivity contribution is 0.0925. The van der Waals surface area contributed by atoms with Crippen molar-refractivity contribution < 1.29 is 9.59 Å². The topological polar surface area (TPSA) is 99.8 Å². The van der Waals surface area contributed by atoms with Crippen molar-refractivity contribution in [3.63, 3.8) is 0 Å². The highest BCUT2D eigenvalue weighted by molar-refractivity contribution is 5.94.